The maximum Gasteiger partial charge on any atom is 0.287 e. The van der Waals surface area contributed by atoms with E-state index >= 15 is 0 Å². The minimum absolute atomic E-state index is 0.238. The van der Waals surface area contributed by atoms with E-state index in [1.165, 1.54) is 12.8 Å². The fraction of sp³-hybridized carbons (Fsp3) is 0.727. The number of amides is 1. The lowest BCUT2D eigenvalue weighted by molar-refractivity contribution is 0.0948. The molecule has 1 heterocycles. The van der Waals surface area contributed by atoms with E-state index in [1.807, 2.05) is 5.43 Å². The topological polar surface area (TPSA) is 89.1 Å². The zero-order chi connectivity index (χ0) is 13.5. The van der Waals surface area contributed by atoms with E-state index in [4.69, 9.17) is 5.84 Å². The first-order valence-corrected chi connectivity index (χ1v) is 6.19. The van der Waals surface area contributed by atoms with Crippen LogP contribution in [-0.4, -0.2) is 45.4 Å². The summed E-state index contributed by atoms with van der Waals surface area (Å²) < 4.78 is 1.65. The number of nitrogens with two attached hydrogens (primary N) is 1. The maximum atomic E-state index is 11.2. The standard InChI is InChI=1S/C11H22N6O/c1-4-5-9(2)16(3)6-7-17-8-10(14-15-17)11(18)13-12/h8-9H,4-7,12H2,1-3H3,(H,13,18). The van der Waals surface area contributed by atoms with Crippen LogP contribution in [0, 0.1) is 0 Å². The van der Waals surface area contributed by atoms with Crippen molar-refractivity contribution in [3.63, 3.8) is 0 Å². The second kappa shape index (κ2) is 7.07. The summed E-state index contributed by atoms with van der Waals surface area (Å²) in [6.07, 6.45) is 3.95. The van der Waals surface area contributed by atoms with Gasteiger partial charge >= 0.3 is 0 Å². The lowest BCUT2D eigenvalue weighted by Crippen LogP contribution is -2.32. The molecule has 1 unspecified atom stereocenters. The molecule has 0 saturated carbocycles. The summed E-state index contributed by atoms with van der Waals surface area (Å²) in [4.78, 5) is 13.5. The van der Waals surface area contributed by atoms with Crippen molar-refractivity contribution in [2.75, 3.05) is 13.6 Å². The number of carbonyl (C=O) groups excluding carboxylic acids is 1. The highest BCUT2D eigenvalue weighted by Crippen LogP contribution is 2.03. The first-order chi connectivity index (χ1) is 8.58. The van der Waals surface area contributed by atoms with Gasteiger partial charge in [-0.05, 0) is 20.4 Å². The molecule has 1 rings (SSSR count). The number of nitrogens with one attached hydrogen (secondary N) is 1. The fourth-order valence-electron chi connectivity index (χ4n) is 1.70. The molecule has 0 radical (unpaired) electrons. The van der Waals surface area contributed by atoms with Gasteiger partial charge in [-0.15, -0.1) is 5.10 Å². The van der Waals surface area contributed by atoms with Crippen LogP contribution in [0.2, 0.25) is 0 Å². The number of hydrogen-bond acceptors (Lipinski definition) is 5. The SMILES string of the molecule is CCCC(C)N(C)CCn1cc(C(=O)NN)nn1. The molecule has 3 N–H and O–H groups in total. The van der Waals surface area contributed by atoms with Crippen LogP contribution in [0.25, 0.3) is 0 Å². The number of hydrazine groups is 1. The minimum atomic E-state index is -0.422. The molecule has 0 aliphatic rings. The Morgan fingerprint density at radius 2 is 2.39 bits per heavy atom. The van der Waals surface area contributed by atoms with E-state index in [0.717, 1.165) is 6.54 Å². The van der Waals surface area contributed by atoms with E-state index < -0.39 is 5.91 Å². The Morgan fingerprint density at radius 3 is 3.00 bits per heavy atom. The number of nitrogen functional groups attached to an aromatic ring is 1. The van der Waals surface area contributed by atoms with E-state index in [-0.39, 0.29) is 5.69 Å². The first kappa shape index (κ1) is 14.6. The van der Waals surface area contributed by atoms with Crippen molar-refractivity contribution in [2.24, 2.45) is 5.84 Å². The number of hydrogen-bond donors (Lipinski definition) is 2. The van der Waals surface area contributed by atoms with Gasteiger partial charge in [0.15, 0.2) is 5.69 Å². The predicted molar refractivity (Wildman–Crippen MR) is 68.7 cm³/mol. The molecule has 1 aromatic heterocycles. The van der Waals surface area contributed by atoms with Gasteiger partial charge in [0.25, 0.3) is 5.91 Å². The van der Waals surface area contributed by atoms with Gasteiger partial charge in [0.05, 0.1) is 12.7 Å². The van der Waals surface area contributed by atoms with Gasteiger partial charge < -0.3 is 4.90 Å². The average Bonchev–Trinajstić information content (AvgIpc) is 2.84. The third-order valence-electron chi connectivity index (χ3n) is 3.04. The molecule has 0 saturated heterocycles. The van der Waals surface area contributed by atoms with Gasteiger partial charge in [-0.1, -0.05) is 18.6 Å². The number of nitrogens with zero attached hydrogens (tertiary/aromatic N) is 4. The maximum absolute atomic E-state index is 11.2. The molecule has 0 spiro atoms. The van der Waals surface area contributed by atoms with Gasteiger partial charge in [-0.3, -0.25) is 14.9 Å². The van der Waals surface area contributed by atoms with Crippen molar-refractivity contribution in [1.29, 1.82) is 0 Å². The number of aromatic nitrogens is 3. The Labute approximate surface area is 107 Å². The van der Waals surface area contributed by atoms with Gasteiger partial charge in [-0.2, -0.15) is 0 Å². The van der Waals surface area contributed by atoms with Crippen LogP contribution in [0.1, 0.15) is 37.2 Å². The first-order valence-electron chi connectivity index (χ1n) is 6.19. The molecule has 1 amide bonds. The summed E-state index contributed by atoms with van der Waals surface area (Å²) in [6, 6.07) is 0.547. The molecule has 0 aliphatic heterocycles. The average molecular weight is 254 g/mol. The van der Waals surface area contributed by atoms with Crippen LogP contribution in [0.5, 0.6) is 0 Å². The number of likely N-dealkylation sites (N-methyl/N-ethyl adjacent to an activating group) is 1. The van der Waals surface area contributed by atoms with E-state index in [9.17, 15) is 4.79 Å². The fourth-order valence-corrected chi connectivity index (χ4v) is 1.70. The van der Waals surface area contributed by atoms with Crippen molar-refractivity contribution in [2.45, 2.75) is 39.3 Å². The molecule has 0 aliphatic carbocycles. The molecular weight excluding hydrogens is 232 g/mol. The second-order valence-electron chi connectivity index (χ2n) is 4.46. The van der Waals surface area contributed by atoms with Crippen molar-refractivity contribution < 1.29 is 4.79 Å². The predicted octanol–water partition coefficient (Wildman–Crippen LogP) is 0.00200. The van der Waals surface area contributed by atoms with Crippen LogP contribution < -0.4 is 11.3 Å². The molecule has 7 heteroatoms. The summed E-state index contributed by atoms with van der Waals surface area (Å²) in [5, 5.41) is 7.63. The van der Waals surface area contributed by atoms with Gasteiger partial charge in [0.1, 0.15) is 0 Å². The minimum Gasteiger partial charge on any atom is -0.302 e. The zero-order valence-electron chi connectivity index (χ0n) is 11.3. The molecule has 18 heavy (non-hydrogen) atoms. The third-order valence-corrected chi connectivity index (χ3v) is 3.04. The van der Waals surface area contributed by atoms with Crippen LogP contribution in [0.15, 0.2) is 6.20 Å². The van der Waals surface area contributed by atoms with Crippen molar-refractivity contribution in [3.05, 3.63) is 11.9 Å². The number of rotatable bonds is 7. The lowest BCUT2D eigenvalue weighted by atomic mass is 10.2. The van der Waals surface area contributed by atoms with Crippen molar-refractivity contribution in [1.82, 2.24) is 25.3 Å². The molecule has 0 bridgehead atoms. The third kappa shape index (κ3) is 4.08. The van der Waals surface area contributed by atoms with E-state index in [2.05, 4.69) is 36.1 Å². The Hall–Kier alpha value is -1.47. The normalized spacial score (nSPS) is 12.7. The summed E-state index contributed by atoms with van der Waals surface area (Å²) >= 11 is 0. The molecule has 102 valence electrons. The van der Waals surface area contributed by atoms with Gasteiger partial charge in [0.2, 0.25) is 0 Å². The van der Waals surface area contributed by atoms with Crippen molar-refractivity contribution >= 4 is 5.91 Å². The lowest BCUT2D eigenvalue weighted by Gasteiger charge is -2.23. The Bertz CT molecular complexity index is 377. The summed E-state index contributed by atoms with van der Waals surface area (Å²) in [5.41, 5.74) is 2.27. The van der Waals surface area contributed by atoms with E-state index in [0.29, 0.717) is 12.6 Å². The largest absolute Gasteiger partial charge is 0.302 e. The second-order valence-corrected chi connectivity index (χ2v) is 4.46. The van der Waals surface area contributed by atoms with Crippen LogP contribution in [-0.2, 0) is 6.54 Å². The van der Waals surface area contributed by atoms with Crippen LogP contribution >= 0.6 is 0 Å². The van der Waals surface area contributed by atoms with Crippen molar-refractivity contribution in [3.8, 4) is 0 Å². The smallest absolute Gasteiger partial charge is 0.287 e. The number of carbonyl (C=O) groups is 1. The monoisotopic (exact) mass is 254 g/mol. The summed E-state index contributed by atoms with van der Waals surface area (Å²) in [5.74, 6) is 4.60. The zero-order valence-corrected chi connectivity index (χ0v) is 11.3. The highest BCUT2D eigenvalue weighted by atomic mass is 16.2. The van der Waals surface area contributed by atoms with Gasteiger partial charge in [0, 0.05) is 12.6 Å². The molecule has 7 nitrogen and oxygen atoms in total. The molecular formula is C11H22N6O. The Kier molecular flexibility index (Phi) is 5.73. The van der Waals surface area contributed by atoms with Gasteiger partial charge in [-0.25, -0.2) is 5.84 Å². The molecule has 0 fully saturated rings. The highest BCUT2D eigenvalue weighted by Gasteiger charge is 2.11. The highest BCUT2D eigenvalue weighted by molar-refractivity contribution is 5.91. The molecule has 1 atom stereocenters. The Balaban J connectivity index is 2.44. The van der Waals surface area contributed by atoms with E-state index in [1.54, 1.807) is 10.9 Å². The molecule has 1 aromatic rings. The van der Waals surface area contributed by atoms with Crippen LogP contribution in [0.4, 0.5) is 0 Å². The summed E-state index contributed by atoms with van der Waals surface area (Å²) in [7, 11) is 2.09. The Morgan fingerprint density at radius 1 is 1.67 bits per heavy atom. The molecule has 0 aromatic carbocycles. The van der Waals surface area contributed by atoms with Crippen LogP contribution in [0.3, 0.4) is 0 Å². The summed E-state index contributed by atoms with van der Waals surface area (Å²) in [6.45, 7) is 5.96. The quantitative estimate of drug-likeness (QED) is 0.406.